The number of rotatable bonds is 5. The number of benzene rings is 1. The van der Waals surface area contributed by atoms with E-state index in [1.807, 2.05) is 19.9 Å². The number of hydrogen-bond donors (Lipinski definition) is 1. The lowest BCUT2D eigenvalue weighted by atomic mass is 9.90. The van der Waals surface area contributed by atoms with Crippen molar-refractivity contribution in [3.05, 3.63) is 42.1 Å². The van der Waals surface area contributed by atoms with Gasteiger partial charge < -0.3 is 10.0 Å². The Balaban J connectivity index is 1.57. The third-order valence-electron chi connectivity index (χ3n) is 6.01. The number of thioether (sulfide) groups is 1. The fraction of sp³-hybridized carbons (Fsp3) is 0.455. The summed E-state index contributed by atoms with van der Waals surface area (Å²) in [5, 5.41) is 10.3. The highest BCUT2D eigenvalue weighted by Gasteiger charge is 2.59. The molecule has 1 spiro atoms. The van der Waals surface area contributed by atoms with Crippen LogP contribution in [0.15, 0.2) is 35.5 Å². The molecular formula is C22H24F2N2O2S. The Bertz CT molecular complexity index is 919. The summed E-state index contributed by atoms with van der Waals surface area (Å²) >= 11 is 1.56. The van der Waals surface area contributed by atoms with Crippen LogP contribution in [-0.2, 0) is 4.79 Å². The summed E-state index contributed by atoms with van der Waals surface area (Å²) in [5.41, 5.74) is 1.00. The molecule has 2 aliphatic rings. The summed E-state index contributed by atoms with van der Waals surface area (Å²) in [6.07, 6.45) is 3.67. The predicted molar refractivity (Wildman–Crippen MR) is 110 cm³/mol. The molecule has 1 aromatic carbocycles. The Labute approximate surface area is 173 Å². The van der Waals surface area contributed by atoms with Gasteiger partial charge in [-0.25, -0.2) is 13.8 Å². The zero-order chi connectivity index (χ0) is 20.8. The van der Waals surface area contributed by atoms with Crippen LogP contribution in [0.1, 0.15) is 33.1 Å². The van der Waals surface area contributed by atoms with Crippen molar-refractivity contribution < 1.29 is 18.7 Å². The highest BCUT2D eigenvalue weighted by molar-refractivity contribution is 7.99. The molecule has 0 radical (unpaired) electrons. The molecule has 1 atom stereocenters. The maximum absolute atomic E-state index is 15.0. The van der Waals surface area contributed by atoms with E-state index in [0.717, 1.165) is 10.6 Å². The van der Waals surface area contributed by atoms with Crippen LogP contribution in [0.3, 0.4) is 0 Å². The van der Waals surface area contributed by atoms with E-state index in [4.69, 9.17) is 0 Å². The van der Waals surface area contributed by atoms with Crippen molar-refractivity contribution in [1.82, 2.24) is 4.98 Å². The van der Waals surface area contributed by atoms with Crippen LogP contribution in [0.25, 0.3) is 11.1 Å². The van der Waals surface area contributed by atoms with Crippen LogP contribution < -0.4 is 4.90 Å². The van der Waals surface area contributed by atoms with E-state index in [2.05, 4.69) is 4.98 Å². The van der Waals surface area contributed by atoms with Gasteiger partial charge in [0.25, 0.3) is 0 Å². The van der Waals surface area contributed by atoms with Gasteiger partial charge >= 0.3 is 5.97 Å². The van der Waals surface area contributed by atoms with Gasteiger partial charge in [-0.15, -0.1) is 11.8 Å². The van der Waals surface area contributed by atoms with Gasteiger partial charge in [-0.1, -0.05) is 19.9 Å². The first-order valence-electron chi connectivity index (χ1n) is 9.89. The van der Waals surface area contributed by atoms with E-state index in [0.29, 0.717) is 43.2 Å². The number of carbonyl (C=O) groups is 1. The van der Waals surface area contributed by atoms with Crippen molar-refractivity contribution in [3.63, 3.8) is 0 Å². The largest absolute Gasteiger partial charge is 0.481 e. The minimum Gasteiger partial charge on any atom is -0.481 e. The Kier molecular flexibility index (Phi) is 5.27. The van der Waals surface area contributed by atoms with Gasteiger partial charge in [0.2, 0.25) is 0 Å². The number of pyridine rings is 1. The van der Waals surface area contributed by atoms with Gasteiger partial charge in [-0.3, -0.25) is 4.79 Å². The van der Waals surface area contributed by atoms with Crippen LogP contribution >= 0.6 is 11.8 Å². The van der Waals surface area contributed by atoms with Crippen LogP contribution in [-0.4, -0.2) is 34.4 Å². The van der Waals surface area contributed by atoms with E-state index in [-0.39, 0.29) is 17.0 Å². The monoisotopic (exact) mass is 418 g/mol. The van der Waals surface area contributed by atoms with Gasteiger partial charge in [-0.2, -0.15) is 0 Å². The van der Waals surface area contributed by atoms with Crippen molar-refractivity contribution >= 4 is 23.4 Å². The molecule has 154 valence electrons. The van der Waals surface area contributed by atoms with E-state index in [9.17, 15) is 18.7 Å². The topological polar surface area (TPSA) is 53.4 Å². The van der Waals surface area contributed by atoms with Crippen molar-refractivity contribution in [2.24, 2.45) is 11.3 Å². The lowest BCUT2D eigenvalue weighted by molar-refractivity contribution is -0.139. The second kappa shape index (κ2) is 7.59. The fourth-order valence-electron chi connectivity index (χ4n) is 4.38. The Morgan fingerprint density at radius 1 is 1.28 bits per heavy atom. The SMILES string of the molecule is CC(C)Sc1ncccc1-c1cc(F)c(N2CCC3(CC2)CC3C(=O)O)c(F)c1. The Morgan fingerprint density at radius 3 is 2.48 bits per heavy atom. The second-order valence-electron chi connectivity index (χ2n) is 8.26. The van der Waals surface area contributed by atoms with Gasteiger partial charge in [-0.05, 0) is 48.4 Å². The summed E-state index contributed by atoms with van der Waals surface area (Å²) < 4.78 is 30.0. The second-order valence-corrected chi connectivity index (χ2v) is 9.82. The summed E-state index contributed by atoms with van der Waals surface area (Å²) in [5.74, 6) is -2.24. The number of piperidine rings is 1. The predicted octanol–water partition coefficient (Wildman–Crippen LogP) is 5.22. The average molecular weight is 419 g/mol. The molecule has 1 saturated heterocycles. The Morgan fingerprint density at radius 2 is 1.93 bits per heavy atom. The fourth-order valence-corrected chi connectivity index (χ4v) is 5.26. The molecule has 2 fully saturated rings. The maximum atomic E-state index is 15.0. The van der Waals surface area contributed by atoms with Gasteiger partial charge in [0, 0.05) is 30.1 Å². The lowest BCUT2D eigenvalue weighted by Crippen LogP contribution is -2.36. The summed E-state index contributed by atoms with van der Waals surface area (Å²) in [7, 11) is 0. The molecule has 1 aliphatic heterocycles. The summed E-state index contributed by atoms with van der Waals surface area (Å²) in [4.78, 5) is 17.3. The van der Waals surface area contributed by atoms with Gasteiger partial charge in [0.15, 0.2) is 0 Å². The lowest BCUT2D eigenvalue weighted by Gasteiger charge is -2.34. The highest BCUT2D eigenvalue weighted by Crippen LogP contribution is 2.59. The number of anilines is 1. The van der Waals surface area contributed by atoms with E-state index in [1.54, 1.807) is 28.9 Å². The van der Waals surface area contributed by atoms with E-state index >= 15 is 0 Å². The smallest absolute Gasteiger partial charge is 0.307 e. The first-order chi connectivity index (χ1) is 13.8. The first kappa shape index (κ1) is 20.1. The van der Waals surface area contributed by atoms with Crippen molar-refractivity contribution in [1.29, 1.82) is 0 Å². The minimum absolute atomic E-state index is 0.0157. The number of hydrogen-bond acceptors (Lipinski definition) is 4. The van der Waals surface area contributed by atoms with Crippen molar-refractivity contribution in [2.75, 3.05) is 18.0 Å². The van der Waals surface area contributed by atoms with Crippen LogP contribution in [0.2, 0.25) is 0 Å². The molecule has 4 rings (SSSR count). The molecule has 7 heteroatoms. The van der Waals surface area contributed by atoms with Gasteiger partial charge in [0.1, 0.15) is 22.3 Å². The molecule has 2 aromatic rings. The molecule has 1 N–H and O–H groups in total. The van der Waals surface area contributed by atoms with Crippen LogP contribution in [0, 0.1) is 23.0 Å². The number of aromatic nitrogens is 1. The zero-order valence-electron chi connectivity index (χ0n) is 16.5. The molecule has 0 amide bonds. The molecule has 29 heavy (non-hydrogen) atoms. The van der Waals surface area contributed by atoms with Crippen LogP contribution in [0.4, 0.5) is 14.5 Å². The first-order valence-corrected chi connectivity index (χ1v) is 10.8. The Hall–Kier alpha value is -2.15. The molecule has 1 saturated carbocycles. The number of nitrogens with zero attached hydrogens (tertiary/aromatic N) is 2. The molecule has 1 aliphatic carbocycles. The number of carboxylic acid groups (broad SMARTS) is 1. The zero-order valence-corrected chi connectivity index (χ0v) is 17.3. The van der Waals surface area contributed by atoms with E-state index < -0.39 is 17.6 Å². The van der Waals surface area contributed by atoms with Crippen LogP contribution in [0.5, 0.6) is 0 Å². The third-order valence-corrected chi connectivity index (χ3v) is 7.03. The number of carboxylic acids is 1. The molecule has 2 heterocycles. The maximum Gasteiger partial charge on any atom is 0.307 e. The normalized spacial score (nSPS) is 20.3. The average Bonchev–Trinajstić information content (AvgIpc) is 3.37. The highest BCUT2D eigenvalue weighted by atomic mass is 32.2. The summed E-state index contributed by atoms with van der Waals surface area (Å²) in [6, 6.07) is 6.35. The molecule has 0 bridgehead atoms. The van der Waals surface area contributed by atoms with Crippen molar-refractivity contribution in [2.45, 2.75) is 43.4 Å². The summed E-state index contributed by atoms with van der Waals surface area (Å²) in [6.45, 7) is 5.03. The van der Waals surface area contributed by atoms with E-state index in [1.165, 1.54) is 12.1 Å². The third kappa shape index (κ3) is 3.84. The standard InChI is InChI=1S/C22H24F2N2O2S/c1-13(2)29-20-15(4-3-7-25-20)14-10-17(23)19(18(24)11-14)26-8-5-22(6-9-26)12-16(22)21(27)28/h3-4,7,10-11,13,16H,5-6,8-9,12H2,1-2H3,(H,27,28). The molecule has 4 nitrogen and oxygen atoms in total. The van der Waals surface area contributed by atoms with Gasteiger partial charge in [0.05, 0.1) is 5.92 Å². The molecular weight excluding hydrogens is 394 g/mol. The molecule has 1 unspecified atom stereocenters. The number of aliphatic carboxylic acids is 1. The van der Waals surface area contributed by atoms with Crippen molar-refractivity contribution in [3.8, 4) is 11.1 Å². The number of halogens is 2. The quantitative estimate of drug-likeness (QED) is 0.675. The molecule has 1 aromatic heterocycles. The minimum atomic E-state index is -0.758.